The van der Waals surface area contributed by atoms with Gasteiger partial charge < -0.3 is 27.4 Å². The van der Waals surface area contributed by atoms with Crippen LogP contribution in [0.25, 0.3) is 0 Å². The number of piperidine rings is 1. The van der Waals surface area contributed by atoms with Gasteiger partial charge in [0.2, 0.25) is 0 Å². The van der Waals surface area contributed by atoms with E-state index in [1.54, 1.807) is 4.90 Å². The molecular weight excluding hydrogens is 276 g/mol. The SMILES string of the molecule is CC[NH+]1CCC(OC(=O)NCc2ccccc2)CC1.[Cl-]. The lowest BCUT2D eigenvalue weighted by molar-refractivity contribution is -0.904. The van der Waals surface area contributed by atoms with Crippen LogP contribution in [0.15, 0.2) is 30.3 Å². The Bertz CT molecular complexity index is 392. The normalized spacial score (nSPS) is 21.6. The van der Waals surface area contributed by atoms with Gasteiger partial charge in [0.15, 0.2) is 0 Å². The van der Waals surface area contributed by atoms with E-state index in [-0.39, 0.29) is 24.6 Å². The molecule has 0 aliphatic carbocycles. The number of amides is 1. The summed E-state index contributed by atoms with van der Waals surface area (Å²) < 4.78 is 5.44. The predicted molar refractivity (Wildman–Crippen MR) is 74.0 cm³/mol. The molecular formula is C15H23ClN2O2. The minimum absolute atomic E-state index is 0. The highest BCUT2D eigenvalue weighted by atomic mass is 35.5. The number of benzene rings is 1. The second-order valence-corrected chi connectivity index (χ2v) is 5.05. The van der Waals surface area contributed by atoms with Crippen LogP contribution in [-0.4, -0.2) is 31.8 Å². The van der Waals surface area contributed by atoms with Crippen LogP contribution in [0.1, 0.15) is 25.3 Å². The van der Waals surface area contributed by atoms with Gasteiger partial charge in [-0.15, -0.1) is 0 Å². The van der Waals surface area contributed by atoms with Gasteiger partial charge in [0.05, 0.1) is 19.6 Å². The van der Waals surface area contributed by atoms with Crippen LogP contribution >= 0.6 is 0 Å². The van der Waals surface area contributed by atoms with Gasteiger partial charge >= 0.3 is 6.09 Å². The number of hydrogen-bond donors (Lipinski definition) is 2. The molecule has 2 rings (SSSR count). The molecule has 5 heteroatoms. The molecule has 1 fully saturated rings. The number of quaternary nitrogens is 1. The van der Waals surface area contributed by atoms with Crippen molar-refractivity contribution in [1.29, 1.82) is 0 Å². The fourth-order valence-corrected chi connectivity index (χ4v) is 2.43. The van der Waals surface area contributed by atoms with Gasteiger partial charge in [-0.05, 0) is 12.5 Å². The van der Waals surface area contributed by atoms with Crippen LogP contribution in [0.5, 0.6) is 0 Å². The lowest BCUT2D eigenvalue weighted by Gasteiger charge is -2.28. The highest BCUT2D eigenvalue weighted by Gasteiger charge is 2.23. The van der Waals surface area contributed by atoms with Crippen molar-refractivity contribution in [3.05, 3.63) is 35.9 Å². The van der Waals surface area contributed by atoms with Crippen LogP contribution in [-0.2, 0) is 11.3 Å². The Labute approximate surface area is 126 Å². The van der Waals surface area contributed by atoms with Gasteiger partial charge in [-0.25, -0.2) is 4.79 Å². The first-order valence-electron chi connectivity index (χ1n) is 7.10. The van der Waals surface area contributed by atoms with Gasteiger partial charge in [0, 0.05) is 19.4 Å². The summed E-state index contributed by atoms with van der Waals surface area (Å²) in [5.74, 6) is 0. The van der Waals surface area contributed by atoms with Crippen molar-refractivity contribution in [1.82, 2.24) is 5.32 Å². The molecule has 0 bridgehead atoms. The van der Waals surface area contributed by atoms with Crippen LogP contribution in [0.2, 0.25) is 0 Å². The van der Waals surface area contributed by atoms with E-state index in [1.165, 1.54) is 0 Å². The zero-order valence-electron chi connectivity index (χ0n) is 11.9. The number of halogens is 1. The molecule has 1 amide bonds. The number of carbonyl (C=O) groups is 1. The monoisotopic (exact) mass is 298 g/mol. The Morgan fingerprint density at radius 3 is 2.55 bits per heavy atom. The van der Waals surface area contributed by atoms with E-state index in [0.717, 1.165) is 38.0 Å². The van der Waals surface area contributed by atoms with Crippen LogP contribution in [0, 0.1) is 0 Å². The predicted octanol–water partition coefficient (Wildman–Crippen LogP) is -2.02. The van der Waals surface area contributed by atoms with Gasteiger partial charge in [-0.2, -0.15) is 0 Å². The molecule has 1 aliphatic heterocycles. The largest absolute Gasteiger partial charge is 1.00 e. The molecule has 0 aromatic heterocycles. The Hall–Kier alpha value is -1.26. The van der Waals surface area contributed by atoms with Crippen molar-refractivity contribution >= 4 is 6.09 Å². The molecule has 1 aliphatic rings. The summed E-state index contributed by atoms with van der Waals surface area (Å²) in [7, 11) is 0. The Balaban J connectivity index is 0.00000200. The second kappa shape index (κ2) is 8.82. The van der Waals surface area contributed by atoms with Crippen molar-refractivity contribution in [3.8, 4) is 0 Å². The molecule has 0 spiro atoms. The summed E-state index contributed by atoms with van der Waals surface area (Å²) in [6.07, 6.45) is 1.74. The van der Waals surface area contributed by atoms with Crippen molar-refractivity contribution < 1.29 is 26.8 Å². The fourth-order valence-electron chi connectivity index (χ4n) is 2.43. The van der Waals surface area contributed by atoms with E-state index in [1.807, 2.05) is 30.3 Å². The first-order valence-corrected chi connectivity index (χ1v) is 7.10. The third-order valence-electron chi connectivity index (χ3n) is 3.69. The molecule has 1 saturated heterocycles. The lowest BCUT2D eigenvalue weighted by atomic mass is 10.1. The topological polar surface area (TPSA) is 42.8 Å². The minimum atomic E-state index is -0.297. The van der Waals surface area contributed by atoms with Crippen LogP contribution in [0.3, 0.4) is 0 Å². The summed E-state index contributed by atoms with van der Waals surface area (Å²) in [4.78, 5) is 13.3. The van der Waals surface area contributed by atoms with Crippen LogP contribution in [0.4, 0.5) is 4.79 Å². The number of ether oxygens (including phenoxy) is 1. The molecule has 0 atom stereocenters. The smallest absolute Gasteiger partial charge is 0.407 e. The maximum absolute atomic E-state index is 11.7. The molecule has 112 valence electrons. The van der Waals surface area contributed by atoms with Gasteiger partial charge in [0.1, 0.15) is 6.10 Å². The van der Waals surface area contributed by atoms with Gasteiger partial charge in [-0.1, -0.05) is 30.3 Å². The van der Waals surface area contributed by atoms with E-state index in [0.29, 0.717) is 6.54 Å². The molecule has 4 nitrogen and oxygen atoms in total. The van der Waals surface area contributed by atoms with Crippen LogP contribution < -0.4 is 22.6 Å². The quantitative estimate of drug-likeness (QED) is 0.674. The summed E-state index contributed by atoms with van der Waals surface area (Å²) in [5, 5.41) is 2.80. The number of carbonyl (C=O) groups excluding carboxylic acids is 1. The fraction of sp³-hybridized carbons (Fsp3) is 0.533. The highest BCUT2D eigenvalue weighted by molar-refractivity contribution is 5.67. The number of likely N-dealkylation sites (tertiary alicyclic amines) is 1. The first kappa shape index (κ1) is 16.8. The minimum Gasteiger partial charge on any atom is -1.00 e. The number of alkyl carbamates (subject to hydrolysis) is 1. The van der Waals surface area contributed by atoms with E-state index < -0.39 is 0 Å². The van der Waals surface area contributed by atoms with E-state index in [9.17, 15) is 4.79 Å². The zero-order chi connectivity index (χ0) is 13.5. The van der Waals surface area contributed by atoms with Gasteiger partial charge in [-0.3, -0.25) is 0 Å². The van der Waals surface area contributed by atoms with E-state index in [4.69, 9.17) is 4.74 Å². The first-order chi connectivity index (χ1) is 9.28. The number of nitrogens with one attached hydrogen (secondary N) is 2. The van der Waals surface area contributed by atoms with Crippen molar-refractivity contribution in [2.45, 2.75) is 32.4 Å². The van der Waals surface area contributed by atoms with Crippen molar-refractivity contribution in [2.75, 3.05) is 19.6 Å². The second-order valence-electron chi connectivity index (χ2n) is 5.05. The van der Waals surface area contributed by atoms with E-state index in [2.05, 4.69) is 12.2 Å². The Morgan fingerprint density at radius 1 is 1.30 bits per heavy atom. The summed E-state index contributed by atoms with van der Waals surface area (Å²) in [6, 6.07) is 9.87. The standard InChI is InChI=1S/C15H22N2O2.ClH/c1-2-17-10-8-14(9-11-17)19-15(18)16-12-13-6-4-3-5-7-13;/h3-7,14H,2,8-12H2,1H3,(H,16,18);1H. The Kier molecular flexibility index (Phi) is 7.41. The summed E-state index contributed by atoms with van der Waals surface area (Å²) >= 11 is 0. The number of rotatable bonds is 4. The third-order valence-corrected chi connectivity index (χ3v) is 3.69. The molecule has 0 radical (unpaired) electrons. The molecule has 1 aromatic carbocycles. The summed E-state index contributed by atoms with van der Waals surface area (Å²) in [6.45, 7) is 6.09. The maximum atomic E-state index is 11.7. The van der Waals surface area contributed by atoms with E-state index >= 15 is 0 Å². The molecule has 2 N–H and O–H groups in total. The third kappa shape index (κ3) is 5.39. The van der Waals surface area contributed by atoms with Crippen molar-refractivity contribution in [3.63, 3.8) is 0 Å². The Morgan fingerprint density at radius 2 is 1.95 bits per heavy atom. The lowest BCUT2D eigenvalue weighted by Crippen LogP contribution is -3.13. The van der Waals surface area contributed by atoms with Crippen molar-refractivity contribution in [2.24, 2.45) is 0 Å². The zero-order valence-corrected chi connectivity index (χ0v) is 12.7. The molecule has 1 heterocycles. The molecule has 20 heavy (non-hydrogen) atoms. The van der Waals surface area contributed by atoms with Gasteiger partial charge in [0.25, 0.3) is 0 Å². The molecule has 1 aromatic rings. The molecule has 0 unspecified atom stereocenters. The maximum Gasteiger partial charge on any atom is 0.407 e. The molecule has 0 saturated carbocycles. The average molecular weight is 299 g/mol. The average Bonchev–Trinajstić information content (AvgIpc) is 2.47. The summed E-state index contributed by atoms with van der Waals surface area (Å²) in [5.41, 5.74) is 1.09. The number of hydrogen-bond acceptors (Lipinski definition) is 2. The highest BCUT2D eigenvalue weighted by Crippen LogP contribution is 2.05.